The first-order chi connectivity index (χ1) is 12.1. The molecule has 0 aromatic heterocycles. The third-order valence-corrected chi connectivity index (χ3v) is 5.44. The largest absolute Gasteiger partial charge is 0.326 e. The summed E-state index contributed by atoms with van der Waals surface area (Å²) in [6.07, 6.45) is 2.87. The van der Waals surface area contributed by atoms with Crippen LogP contribution in [0.2, 0.25) is 0 Å². The van der Waals surface area contributed by atoms with E-state index in [0.29, 0.717) is 0 Å². The highest BCUT2D eigenvalue weighted by molar-refractivity contribution is 9.10. The first-order valence-electron chi connectivity index (χ1n) is 9.00. The number of hydrogen-bond acceptors (Lipinski definition) is 2. The monoisotopic (exact) mass is 400 g/mol. The van der Waals surface area contributed by atoms with Crippen LogP contribution in [-0.2, 0) is 17.8 Å². The first kappa shape index (κ1) is 18.2. The van der Waals surface area contributed by atoms with E-state index < -0.39 is 0 Å². The van der Waals surface area contributed by atoms with Crippen LogP contribution in [0.4, 0.5) is 5.69 Å². The van der Waals surface area contributed by atoms with Crippen LogP contribution in [-0.4, -0.2) is 23.9 Å². The summed E-state index contributed by atoms with van der Waals surface area (Å²) < 4.78 is 1.11. The zero-order valence-corrected chi connectivity index (χ0v) is 16.3. The van der Waals surface area contributed by atoms with Crippen molar-refractivity contribution in [3.05, 3.63) is 64.1 Å². The van der Waals surface area contributed by atoms with Crippen molar-refractivity contribution >= 4 is 27.5 Å². The molecule has 1 N–H and O–H groups in total. The highest BCUT2D eigenvalue weighted by Gasteiger charge is 2.25. The van der Waals surface area contributed by atoms with Crippen LogP contribution in [0.15, 0.2) is 53.0 Å². The van der Waals surface area contributed by atoms with E-state index in [1.54, 1.807) is 0 Å². The smallest absolute Gasteiger partial charge is 0.227 e. The van der Waals surface area contributed by atoms with Gasteiger partial charge in [0, 0.05) is 22.6 Å². The second-order valence-electron chi connectivity index (χ2n) is 6.72. The Labute approximate surface area is 158 Å². The Balaban J connectivity index is 1.47. The number of amides is 1. The summed E-state index contributed by atoms with van der Waals surface area (Å²) in [5, 5.41) is 3.07. The second-order valence-corrected chi connectivity index (χ2v) is 7.63. The normalized spacial score (nSPS) is 15.9. The van der Waals surface area contributed by atoms with Gasteiger partial charge < -0.3 is 5.32 Å². The van der Waals surface area contributed by atoms with E-state index in [2.05, 4.69) is 69.5 Å². The van der Waals surface area contributed by atoms with Crippen LogP contribution in [0.5, 0.6) is 0 Å². The van der Waals surface area contributed by atoms with Crippen molar-refractivity contribution in [2.24, 2.45) is 5.92 Å². The number of nitrogens with zero attached hydrogens (tertiary/aromatic N) is 1. The van der Waals surface area contributed by atoms with Crippen molar-refractivity contribution < 1.29 is 4.79 Å². The van der Waals surface area contributed by atoms with E-state index >= 15 is 0 Å². The van der Waals surface area contributed by atoms with Crippen LogP contribution in [0.25, 0.3) is 0 Å². The lowest BCUT2D eigenvalue weighted by atomic mass is 9.95. The Bertz CT molecular complexity index is 689. The maximum atomic E-state index is 12.5. The summed E-state index contributed by atoms with van der Waals surface area (Å²) in [6.45, 7) is 5.04. The molecule has 2 aromatic carbocycles. The molecule has 1 heterocycles. The molecule has 1 saturated heterocycles. The van der Waals surface area contributed by atoms with Gasteiger partial charge in [0.2, 0.25) is 5.91 Å². The summed E-state index contributed by atoms with van der Waals surface area (Å²) in [4.78, 5) is 14.9. The predicted molar refractivity (Wildman–Crippen MR) is 107 cm³/mol. The Kier molecular flexibility index (Phi) is 6.27. The minimum absolute atomic E-state index is 0.118. The molecule has 0 bridgehead atoms. The molecule has 0 aliphatic carbocycles. The van der Waals surface area contributed by atoms with Gasteiger partial charge in [-0.25, -0.2) is 0 Å². The zero-order valence-electron chi connectivity index (χ0n) is 14.7. The maximum Gasteiger partial charge on any atom is 0.227 e. The van der Waals surface area contributed by atoms with Crippen molar-refractivity contribution in [2.75, 3.05) is 18.4 Å². The van der Waals surface area contributed by atoms with E-state index in [0.717, 1.165) is 49.1 Å². The fourth-order valence-corrected chi connectivity index (χ4v) is 3.53. The Morgan fingerprint density at radius 2 is 1.64 bits per heavy atom. The van der Waals surface area contributed by atoms with Gasteiger partial charge in [-0.05, 0) is 67.7 Å². The van der Waals surface area contributed by atoms with E-state index in [1.807, 2.05) is 12.1 Å². The van der Waals surface area contributed by atoms with Crippen molar-refractivity contribution in [1.29, 1.82) is 0 Å². The lowest BCUT2D eigenvalue weighted by Crippen LogP contribution is -2.37. The van der Waals surface area contributed by atoms with Crippen LogP contribution < -0.4 is 5.32 Å². The summed E-state index contributed by atoms with van der Waals surface area (Å²) in [5.41, 5.74) is 3.51. The lowest BCUT2D eigenvalue weighted by molar-refractivity contribution is -0.121. The molecule has 0 spiro atoms. The average Bonchev–Trinajstić information content (AvgIpc) is 2.65. The van der Waals surface area contributed by atoms with Crippen molar-refractivity contribution in [1.82, 2.24) is 4.90 Å². The Morgan fingerprint density at radius 1 is 1.04 bits per heavy atom. The van der Waals surface area contributed by atoms with Crippen LogP contribution in [0, 0.1) is 5.92 Å². The van der Waals surface area contributed by atoms with Gasteiger partial charge in [-0.2, -0.15) is 0 Å². The number of carbonyl (C=O) groups is 1. The number of rotatable bonds is 5. The molecule has 3 nitrogen and oxygen atoms in total. The molecule has 0 saturated carbocycles. The lowest BCUT2D eigenvalue weighted by Gasteiger charge is -2.31. The number of likely N-dealkylation sites (tertiary alicyclic amines) is 1. The number of carbonyl (C=O) groups excluding carboxylic acids is 1. The average molecular weight is 401 g/mol. The molecule has 1 fully saturated rings. The molecule has 0 atom stereocenters. The third kappa shape index (κ3) is 5.16. The van der Waals surface area contributed by atoms with Gasteiger partial charge in [-0.1, -0.05) is 47.1 Å². The number of hydrogen-bond donors (Lipinski definition) is 1. The zero-order chi connectivity index (χ0) is 17.6. The Morgan fingerprint density at radius 3 is 2.24 bits per heavy atom. The van der Waals surface area contributed by atoms with Crippen molar-refractivity contribution in [2.45, 2.75) is 32.7 Å². The molecule has 132 valence electrons. The van der Waals surface area contributed by atoms with Gasteiger partial charge in [-0.3, -0.25) is 9.69 Å². The SMILES string of the molecule is CCc1ccc(NC(=O)C2CCN(Cc3ccc(Br)cc3)CC2)cc1. The van der Waals surface area contributed by atoms with Gasteiger partial charge in [0.05, 0.1) is 0 Å². The molecule has 3 rings (SSSR count). The number of benzene rings is 2. The number of piperidine rings is 1. The molecular formula is C21H25BrN2O. The van der Waals surface area contributed by atoms with Gasteiger partial charge in [0.1, 0.15) is 0 Å². The van der Waals surface area contributed by atoms with E-state index in [9.17, 15) is 4.79 Å². The standard InChI is InChI=1S/C21H25BrN2O/c1-2-16-5-9-20(10-6-16)23-21(25)18-11-13-24(14-12-18)15-17-3-7-19(22)8-4-17/h3-10,18H,2,11-15H2,1H3,(H,23,25). The van der Waals surface area contributed by atoms with Gasteiger partial charge in [0.15, 0.2) is 0 Å². The molecule has 25 heavy (non-hydrogen) atoms. The number of aryl methyl sites for hydroxylation is 1. The third-order valence-electron chi connectivity index (χ3n) is 4.91. The maximum absolute atomic E-state index is 12.5. The van der Waals surface area contributed by atoms with Crippen LogP contribution >= 0.6 is 15.9 Å². The number of nitrogens with one attached hydrogen (secondary N) is 1. The molecule has 1 amide bonds. The van der Waals surface area contributed by atoms with E-state index in [-0.39, 0.29) is 11.8 Å². The Hall–Kier alpha value is -1.65. The summed E-state index contributed by atoms with van der Waals surface area (Å²) in [7, 11) is 0. The highest BCUT2D eigenvalue weighted by Crippen LogP contribution is 2.22. The van der Waals surface area contributed by atoms with Crippen molar-refractivity contribution in [3.63, 3.8) is 0 Å². The predicted octanol–water partition coefficient (Wildman–Crippen LogP) is 4.86. The molecule has 0 radical (unpaired) electrons. The molecule has 0 unspecified atom stereocenters. The number of anilines is 1. The minimum Gasteiger partial charge on any atom is -0.326 e. The first-order valence-corrected chi connectivity index (χ1v) is 9.80. The van der Waals surface area contributed by atoms with Crippen LogP contribution in [0.1, 0.15) is 30.9 Å². The fourth-order valence-electron chi connectivity index (χ4n) is 3.27. The molecule has 2 aromatic rings. The minimum atomic E-state index is 0.118. The molecule has 4 heteroatoms. The van der Waals surface area contributed by atoms with Gasteiger partial charge in [0.25, 0.3) is 0 Å². The second kappa shape index (κ2) is 8.63. The highest BCUT2D eigenvalue weighted by atomic mass is 79.9. The van der Waals surface area contributed by atoms with Crippen LogP contribution in [0.3, 0.4) is 0 Å². The molecular weight excluding hydrogens is 376 g/mol. The summed E-state index contributed by atoms with van der Waals surface area (Å²) >= 11 is 3.47. The summed E-state index contributed by atoms with van der Waals surface area (Å²) in [6, 6.07) is 16.6. The summed E-state index contributed by atoms with van der Waals surface area (Å²) in [5.74, 6) is 0.277. The quantitative estimate of drug-likeness (QED) is 0.776. The number of halogens is 1. The molecule has 1 aliphatic heterocycles. The van der Waals surface area contributed by atoms with E-state index in [1.165, 1.54) is 11.1 Å². The van der Waals surface area contributed by atoms with Gasteiger partial charge in [-0.15, -0.1) is 0 Å². The van der Waals surface area contributed by atoms with E-state index in [4.69, 9.17) is 0 Å². The van der Waals surface area contributed by atoms with Gasteiger partial charge >= 0.3 is 0 Å². The topological polar surface area (TPSA) is 32.3 Å². The molecule has 1 aliphatic rings. The van der Waals surface area contributed by atoms with Crippen molar-refractivity contribution in [3.8, 4) is 0 Å². The fraction of sp³-hybridized carbons (Fsp3) is 0.381.